The summed E-state index contributed by atoms with van der Waals surface area (Å²) in [5.74, 6) is 0.825. The smallest absolute Gasteiger partial charge is 0.274 e. The standard InChI is InChI=1S/C22H26ClN7O3/c1-24-19-10-18(28-20-16(11-25-30(19)20)21(31)26-14-3-2-4-14)27-17-9-13(23)12-29(22(17)32)15-5-7-33-8-6-15/h9-12,14-15,24H,2-8H2,1H3,(H,26,31)(H,27,28). The van der Waals surface area contributed by atoms with Gasteiger partial charge in [0.2, 0.25) is 0 Å². The van der Waals surface area contributed by atoms with Crippen molar-refractivity contribution in [2.45, 2.75) is 44.2 Å². The molecule has 10 nitrogen and oxygen atoms in total. The second-order valence-electron chi connectivity index (χ2n) is 8.42. The minimum Gasteiger partial charge on any atom is -0.381 e. The molecule has 1 amide bonds. The highest BCUT2D eigenvalue weighted by molar-refractivity contribution is 6.30. The van der Waals surface area contributed by atoms with Gasteiger partial charge in [-0.2, -0.15) is 9.61 Å². The van der Waals surface area contributed by atoms with E-state index in [0.717, 1.165) is 32.1 Å². The molecule has 0 bridgehead atoms. The van der Waals surface area contributed by atoms with Crippen LogP contribution in [0.2, 0.25) is 5.02 Å². The van der Waals surface area contributed by atoms with Crippen molar-refractivity contribution in [1.29, 1.82) is 0 Å². The van der Waals surface area contributed by atoms with Crippen LogP contribution in [0.4, 0.5) is 17.3 Å². The van der Waals surface area contributed by atoms with E-state index in [-0.39, 0.29) is 23.6 Å². The van der Waals surface area contributed by atoms with Crippen LogP contribution < -0.4 is 21.5 Å². The number of aromatic nitrogens is 4. The summed E-state index contributed by atoms with van der Waals surface area (Å²) in [4.78, 5) is 30.6. The Labute approximate surface area is 195 Å². The Morgan fingerprint density at radius 2 is 2.00 bits per heavy atom. The number of hydrogen-bond acceptors (Lipinski definition) is 7. The zero-order valence-corrected chi connectivity index (χ0v) is 19.1. The van der Waals surface area contributed by atoms with Gasteiger partial charge in [0.05, 0.1) is 11.2 Å². The monoisotopic (exact) mass is 471 g/mol. The summed E-state index contributed by atoms with van der Waals surface area (Å²) < 4.78 is 8.66. The van der Waals surface area contributed by atoms with Crippen LogP contribution in [0.1, 0.15) is 48.5 Å². The fraction of sp³-hybridized carbons (Fsp3) is 0.455. The second kappa shape index (κ2) is 9.03. The summed E-state index contributed by atoms with van der Waals surface area (Å²) in [6.45, 7) is 1.23. The molecule has 11 heteroatoms. The molecule has 0 spiro atoms. The summed E-state index contributed by atoms with van der Waals surface area (Å²) in [7, 11) is 1.76. The molecule has 33 heavy (non-hydrogen) atoms. The minimum atomic E-state index is -0.203. The van der Waals surface area contributed by atoms with E-state index >= 15 is 0 Å². The van der Waals surface area contributed by atoms with Crippen LogP contribution in [-0.4, -0.2) is 51.4 Å². The number of nitrogens with zero attached hydrogens (tertiary/aromatic N) is 4. The lowest BCUT2D eigenvalue weighted by Crippen LogP contribution is -2.39. The molecule has 5 rings (SSSR count). The molecule has 1 aliphatic carbocycles. The van der Waals surface area contributed by atoms with Crippen molar-refractivity contribution >= 4 is 40.5 Å². The van der Waals surface area contributed by atoms with Crippen molar-refractivity contribution in [2.75, 3.05) is 30.9 Å². The lowest BCUT2D eigenvalue weighted by molar-refractivity contribution is 0.0687. The van der Waals surface area contributed by atoms with Gasteiger partial charge in [0.25, 0.3) is 11.5 Å². The van der Waals surface area contributed by atoms with Gasteiger partial charge in [0.1, 0.15) is 22.9 Å². The van der Waals surface area contributed by atoms with Gasteiger partial charge < -0.3 is 25.3 Å². The Kier molecular flexibility index (Phi) is 5.94. The average molecular weight is 472 g/mol. The Bertz CT molecular complexity index is 1240. The minimum absolute atomic E-state index is 0.0328. The predicted octanol–water partition coefficient (Wildman–Crippen LogP) is 2.96. The third-order valence-electron chi connectivity index (χ3n) is 6.27. The van der Waals surface area contributed by atoms with Gasteiger partial charge in [-0.15, -0.1) is 0 Å². The van der Waals surface area contributed by atoms with Gasteiger partial charge in [-0.25, -0.2) is 4.98 Å². The van der Waals surface area contributed by atoms with E-state index in [0.29, 0.717) is 46.8 Å². The number of amides is 1. The predicted molar refractivity (Wildman–Crippen MR) is 126 cm³/mol. The first-order valence-corrected chi connectivity index (χ1v) is 11.5. The van der Waals surface area contributed by atoms with Crippen LogP contribution in [0.15, 0.2) is 29.3 Å². The number of carbonyl (C=O) groups excluding carboxylic acids is 1. The molecule has 2 aliphatic rings. The van der Waals surface area contributed by atoms with E-state index < -0.39 is 0 Å². The first-order valence-electron chi connectivity index (χ1n) is 11.2. The molecule has 3 aromatic heterocycles. The number of carbonyl (C=O) groups is 1. The van der Waals surface area contributed by atoms with E-state index in [1.54, 1.807) is 34.5 Å². The molecule has 2 fully saturated rings. The quantitative estimate of drug-likeness (QED) is 0.506. The Morgan fingerprint density at radius 3 is 2.70 bits per heavy atom. The molecule has 3 N–H and O–H groups in total. The number of anilines is 3. The molecule has 1 saturated heterocycles. The van der Waals surface area contributed by atoms with Crippen molar-refractivity contribution in [2.24, 2.45) is 0 Å². The van der Waals surface area contributed by atoms with E-state index in [4.69, 9.17) is 16.3 Å². The molecule has 0 atom stereocenters. The zero-order chi connectivity index (χ0) is 22.9. The number of nitrogens with one attached hydrogen (secondary N) is 3. The average Bonchev–Trinajstić information content (AvgIpc) is 3.22. The fourth-order valence-electron chi connectivity index (χ4n) is 4.21. The largest absolute Gasteiger partial charge is 0.381 e. The van der Waals surface area contributed by atoms with E-state index in [2.05, 4.69) is 26.0 Å². The summed E-state index contributed by atoms with van der Waals surface area (Å²) in [6.07, 6.45) is 7.79. The second-order valence-corrected chi connectivity index (χ2v) is 8.86. The van der Waals surface area contributed by atoms with Crippen LogP contribution in [0.3, 0.4) is 0 Å². The van der Waals surface area contributed by atoms with Crippen molar-refractivity contribution in [3.05, 3.63) is 45.5 Å². The molecule has 3 aromatic rings. The third-order valence-corrected chi connectivity index (χ3v) is 6.48. The van der Waals surface area contributed by atoms with Crippen molar-refractivity contribution in [1.82, 2.24) is 24.5 Å². The van der Waals surface area contributed by atoms with Crippen LogP contribution in [0.25, 0.3) is 5.65 Å². The molecule has 4 heterocycles. The summed E-state index contributed by atoms with van der Waals surface area (Å²) in [5, 5.41) is 14.0. The molecule has 0 radical (unpaired) electrons. The number of fused-ring (bicyclic) bond motifs is 1. The highest BCUT2D eigenvalue weighted by Crippen LogP contribution is 2.25. The van der Waals surface area contributed by atoms with Gasteiger partial charge in [-0.05, 0) is 38.2 Å². The highest BCUT2D eigenvalue weighted by Gasteiger charge is 2.24. The van der Waals surface area contributed by atoms with Gasteiger partial charge in [-0.3, -0.25) is 9.59 Å². The van der Waals surface area contributed by atoms with Crippen LogP contribution in [0, 0.1) is 0 Å². The van der Waals surface area contributed by atoms with Crippen LogP contribution in [-0.2, 0) is 4.74 Å². The van der Waals surface area contributed by atoms with Crippen molar-refractivity contribution < 1.29 is 9.53 Å². The number of halogens is 1. The van der Waals surface area contributed by atoms with Gasteiger partial charge >= 0.3 is 0 Å². The van der Waals surface area contributed by atoms with Crippen molar-refractivity contribution in [3.8, 4) is 0 Å². The molecule has 1 saturated carbocycles. The van der Waals surface area contributed by atoms with E-state index in [1.165, 1.54) is 6.20 Å². The maximum absolute atomic E-state index is 13.2. The summed E-state index contributed by atoms with van der Waals surface area (Å²) in [5.41, 5.74) is 0.907. The summed E-state index contributed by atoms with van der Waals surface area (Å²) in [6, 6.07) is 3.55. The number of ether oxygens (including phenoxy) is 1. The van der Waals surface area contributed by atoms with Crippen LogP contribution >= 0.6 is 11.6 Å². The lowest BCUT2D eigenvalue weighted by atomic mass is 9.93. The third kappa shape index (κ3) is 4.28. The zero-order valence-electron chi connectivity index (χ0n) is 18.3. The molecule has 1 aliphatic heterocycles. The van der Waals surface area contributed by atoms with Gasteiger partial charge in [0.15, 0.2) is 5.65 Å². The van der Waals surface area contributed by atoms with E-state index in [9.17, 15) is 9.59 Å². The molecular weight excluding hydrogens is 446 g/mol. The van der Waals surface area contributed by atoms with Crippen LogP contribution in [0.5, 0.6) is 0 Å². The number of hydrogen-bond donors (Lipinski definition) is 3. The molecule has 0 unspecified atom stereocenters. The first kappa shape index (κ1) is 21.7. The summed E-state index contributed by atoms with van der Waals surface area (Å²) >= 11 is 6.35. The Morgan fingerprint density at radius 1 is 1.21 bits per heavy atom. The number of rotatable bonds is 6. The molecule has 174 valence electrons. The normalized spacial score (nSPS) is 17.0. The topological polar surface area (TPSA) is 115 Å². The highest BCUT2D eigenvalue weighted by atomic mass is 35.5. The Balaban J connectivity index is 1.50. The SMILES string of the molecule is CNc1cc(Nc2cc(Cl)cn(C3CCOCC3)c2=O)nc2c(C(=O)NC3CCC3)cnn12. The van der Waals surface area contributed by atoms with Gasteiger partial charge in [-0.1, -0.05) is 11.6 Å². The molecule has 0 aromatic carbocycles. The Hall–Kier alpha value is -3.11. The first-order chi connectivity index (χ1) is 16.0. The maximum atomic E-state index is 13.2. The van der Waals surface area contributed by atoms with Crippen molar-refractivity contribution in [3.63, 3.8) is 0 Å². The van der Waals surface area contributed by atoms with E-state index in [1.807, 2.05) is 0 Å². The van der Waals surface area contributed by atoms with Gasteiger partial charge in [0, 0.05) is 44.6 Å². The lowest BCUT2D eigenvalue weighted by Gasteiger charge is -2.26. The fourth-order valence-corrected chi connectivity index (χ4v) is 4.42. The maximum Gasteiger partial charge on any atom is 0.274 e. The molecular formula is C22H26ClN7O3. The number of pyridine rings is 1.